The smallest absolute Gasteiger partial charge is 0.130 e. The minimum Gasteiger partial charge on any atom is -0.491 e. The van der Waals surface area contributed by atoms with Gasteiger partial charge in [-0.3, -0.25) is 0 Å². The zero-order valence-corrected chi connectivity index (χ0v) is 12.1. The second-order valence-corrected chi connectivity index (χ2v) is 5.16. The largest absolute Gasteiger partial charge is 0.491 e. The number of carbonyl (C=O) groups excluding carboxylic acids is 1. The van der Waals surface area contributed by atoms with Gasteiger partial charge in [-0.2, -0.15) is 0 Å². The molecule has 0 heterocycles. The normalized spacial score (nSPS) is 10.7. The highest BCUT2D eigenvalue weighted by Gasteiger charge is 1.99. The molecule has 0 N–H and O–H groups in total. The van der Waals surface area contributed by atoms with Crippen molar-refractivity contribution >= 4 is 5.78 Å². The van der Waals surface area contributed by atoms with Crippen molar-refractivity contribution in [3.05, 3.63) is 29.8 Å². The Hall–Kier alpha value is -1.35. The summed E-state index contributed by atoms with van der Waals surface area (Å²) in [6, 6.07) is 7.90. The molecule has 0 bridgehead atoms. The molecule has 0 aromatic heterocycles. The van der Waals surface area contributed by atoms with Gasteiger partial charge < -0.3 is 14.3 Å². The SMILES string of the molecule is CC(=O)CCc1ccc(OCCOCC(C)C)cc1. The number of hydrogen-bond donors (Lipinski definition) is 0. The molecule has 0 unspecified atom stereocenters. The maximum absolute atomic E-state index is 10.9. The van der Waals surface area contributed by atoms with Crippen molar-refractivity contribution < 1.29 is 14.3 Å². The van der Waals surface area contributed by atoms with E-state index in [1.54, 1.807) is 6.92 Å². The molecule has 0 spiro atoms. The molecule has 0 radical (unpaired) electrons. The third-order valence-corrected chi connectivity index (χ3v) is 2.64. The van der Waals surface area contributed by atoms with Gasteiger partial charge in [0, 0.05) is 13.0 Å². The Bertz CT molecular complexity index is 368. The fourth-order valence-electron chi connectivity index (χ4n) is 1.61. The van der Waals surface area contributed by atoms with Crippen molar-refractivity contribution in [1.29, 1.82) is 0 Å². The Kier molecular flexibility index (Phi) is 7.19. The zero-order valence-electron chi connectivity index (χ0n) is 12.1. The summed E-state index contributed by atoms with van der Waals surface area (Å²) in [5, 5.41) is 0. The topological polar surface area (TPSA) is 35.5 Å². The molecule has 1 aromatic rings. The van der Waals surface area contributed by atoms with Gasteiger partial charge >= 0.3 is 0 Å². The molecule has 0 atom stereocenters. The van der Waals surface area contributed by atoms with Gasteiger partial charge in [0.15, 0.2) is 0 Å². The highest BCUT2D eigenvalue weighted by Crippen LogP contribution is 2.13. The molecule has 3 nitrogen and oxygen atoms in total. The first-order valence-corrected chi connectivity index (χ1v) is 6.87. The van der Waals surface area contributed by atoms with E-state index in [0.29, 0.717) is 25.6 Å². The minimum absolute atomic E-state index is 0.225. The Labute approximate surface area is 115 Å². The highest BCUT2D eigenvalue weighted by molar-refractivity contribution is 5.75. The van der Waals surface area contributed by atoms with Crippen LogP contribution in [0.1, 0.15) is 32.8 Å². The number of aryl methyl sites for hydroxylation is 1. The van der Waals surface area contributed by atoms with Crippen molar-refractivity contribution in [1.82, 2.24) is 0 Å². The monoisotopic (exact) mass is 264 g/mol. The number of benzene rings is 1. The maximum atomic E-state index is 10.9. The Morgan fingerprint density at radius 2 is 1.84 bits per heavy atom. The fraction of sp³-hybridized carbons (Fsp3) is 0.562. The van der Waals surface area contributed by atoms with Gasteiger partial charge in [-0.25, -0.2) is 0 Å². The lowest BCUT2D eigenvalue weighted by Crippen LogP contribution is -2.10. The van der Waals surface area contributed by atoms with Crippen LogP contribution in [-0.2, 0) is 16.0 Å². The predicted molar refractivity (Wildman–Crippen MR) is 76.6 cm³/mol. The first-order valence-electron chi connectivity index (χ1n) is 6.87. The van der Waals surface area contributed by atoms with Crippen LogP contribution in [0.5, 0.6) is 5.75 Å². The molecule has 0 fully saturated rings. The summed E-state index contributed by atoms with van der Waals surface area (Å²) in [6.45, 7) is 7.83. The molecule has 1 rings (SSSR count). The van der Waals surface area contributed by atoms with Crippen LogP contribution in [0, 0.1) is 5.92 Å². The van der Waals surface area contributed by atoms with Crippen LogP contribution in [0.25, 0.3) is 0 Å². The van der Waals surface area contributed by atoms with Crippen LogP contribution in [0.15, 0.2) is 24.3 Å². The van der Waals surface area contributed by atoms with Gasteiger partial charge in [0.05, 0.1) is 6.61 Å². The molecule has 3 heteroatoms. The predicted octanol–water partition coefficient (Wildman–Crippen LogP) is 3.26. The minimum atomic E-state index is 0.225. The van der Waals surface area contributed by atoms with Crippen molar-refractivity contribution in [2.45, 2.75) is 33.6 Å². The Morgan fingerprint density at radius 1 is 1.16 bits per heavy atom. The summed E-state index contributed by atoms with van der Waals surface area (Å²) in [5.41, 5.74) is 1.17. The standard InChI is InChI=1S/C16H24O3/c1-13(2)12-18-10-11-19-16-8-6-15(7-9-16)5-4-14(3)17/h6-9,13H,4-5,10-12H2,1-3H3. The van der Waals surface area contributed by atoms with E-state index in [9.17, 15) is 4.79 Å². The van der Waals surface area contributed by atoms with E-state index in [1.807, 2.05) is 24.3 Å². The number of Topliss-reactive ketones (excluding diaryl/α,β-unsaturated/α-hetero) is 1. The quantitative estimate of drug-likeness (QED) is 0.642. The Morgan fingerprint density at radius 3 is 2.42 bits per heavy atom. The van der Waals surface area contributed by atoms with Gasteiger partial charge in [-0.05, 0) is 37.0 Å². The molecule has 106 valence electrons. The number of ketones is 1. The number of carbonyl (C=O) groups is 1. The number of hydrogen-bond acceptors (Lipinski definition) is 3. The third-order valence-electron chi connectivity index (χ3n) is 2.64. The van der Waals surface area contributed by atoms with Crippen molar-refractivity contribution in [3.63, 3.8) is 0 Å². The van der Waals surface area contributed by atoms with Gasteiger partial charge in [0.2, 0.25) is 0 Å². The van der Waals surface area contributed by atoms with Gasteiger partial charge in [-0.1, -0.05) is 26.0 Å². The van der Waals surface area contributed by atoms with Gasteiger partial charge in [0.1, 0.15) is 18.1 Å². The molecule has 0 saturated carbocycles. The van der Waals surface area contributed by atoms with Crippen molar-refractivity contribution in [3.8, 4) is 5.75 Å². The molecule has 0 amide bonds. The number of rotatable bonds is 9. The van der Waals surface area contributed by atoms with Gasteiger partial charge in [-0.15, -0.1) is 0 Å². The summed E-state index contributed by atoms with van der Waals surface area (Å²) in [4.78, 5) is 10.9. The molecule has 1 aromatic carbocycles. The fourth-order valence-corrected chi connectivity index (χ4v) is 1.61. The second-order valence-electron chi connectivity index (χ2n) is 5.16. The molecule has 0 saturated heterocycles. The van der Waals surface area contributed by atoms with Crippen LogP contribution in [0.3, 0.4) is 0 Å². The van der Waals surface area contributed by atoms with Crippen LogP contribution >= 0.6 is 0 Å². The van der Waals surface area contributed by atoms with E-state index in [4.69, 9.17) is 9.47 Å². The van der Waals surface area contributed by atoms with E-state index in [-0.39, 0.29) is 5.78 Å². The van der Waals surface area contributed by atoms with E-state index in [1.165, 1.54) is 5.56 Å². The summed E-state index contributed by atoms with van der Waals surface area (Å²) in [5.74, 6) is 1.63. The Balaban J connectivity index is 2.22. The molecule has 19 heavy (non-hydrogen) atoms. The summed E-state index contributed by atoms with van der Waals surface area (Å²) in [6.07, 6.45) is 1.40. The summed E-state index contributed by atoms with van der Waals surface area (Å²) in [7, 11) is 0. The lowest BCUT2D eigenvalue weighted by molar-refractivity contribution is -0.116. The average molecular weight is 264 g/mol. The molecule has 0 aliphatic rings. The third kappa shape index (κ3) is 7.62. The first-order chi connectivity index (χ1) is 9.08. The number of ether oxygens (including phenoxy) is 2. The first kappa shape index (κ1) is 15.7. The van der Waals surface area contributed by atoms with Crippen LogP contribution in [0.4, 0.5) is 0 Å². The van der Waals surface area contributed by atoms with Gasteiger partial charge in [0.25, 0.3) is 0 Å². The highest BCUT2D eigenvalue weighted by atomic mass is 16.5. The molecule has 0 aliphatic heterocycles. The summed E-state index contributed by atoms with van der Waals surface area (Å²) < 4.78 is 11.0. The lowest BCUT2D eigenvalue weighted by atomic mass is 10.1. The van der Waals surface area contributed by atoms with Crippen molar-refractivity contribution in [2.24, 2.45) is 5.92 Å². The zero-order chi connectivity index (χ0) is 14.1. The van der Waals surface area contributed by atoms with Crippen molar-refractivity contribution in [2.75, 3.05) is 19.8 Å². The van der Waals surface area contributed by atoms with E-state index in [2.05, 4.69) is 13.8 Å². The van der Waals surface area contributed by atoms with E-state index in [0.717, 1.165) is 18.8 Å². The lowest BCUT2D eigenvalue weighted by Gasteiger charge is -2.09. The summed E-state index contributed by atoms with van der Waals surface area (Å²) >= 11 is 0. The van der Waals surface area contributed by atoms with E-state index >= 15 is 0 Å². The average Bonchev–Trinajstić information content (AvgIpc) is 2.37. The van der Waals surface area contributed by atoms with Crippen LogP contribution in [-0.4, -0.2) is 25.6 Å². The molecule has 0 aliphatic carbocycles. The van der Waals surface area contributed by atoms with Crippen LogP contribution in [0.2, 0.25) is 0 Å². The maximum Gasteiger partial charge on any atom is 0.130 e. The molecular weight excluding hydrogens is 240 g/mol. The van der Waals surface area contributed by atoms with Crippen LogP contribution < -0.4 is 4.74 Å². The van der Waals surface area contributed by atoms with E-state index < -0.39 is 0 Å². The second kappa shape index (κ2) is 8.70. The molecular formula is C16H24O3.